The summed E-state index contributed by atoms with van der Waals surface area (Å²) in [5, 5.41) is 6.96. The molecule has 1 amide bonds. The van der Waals surface area contributed by atoms with Crippen LogP contribution in [0.4, 0.5) is 5.13 Å². The topological polar surface area (TPSA) is 54.0 Å². The number of benzene rings is 2. The van der Waals surface area contributed by atoms with Gasteiger partial charge in [-0.05, 0) is 42.9 Å². The lowest BCUT2D eigenvalue weighted by atomic mass is 10.1. The molecule has 23 heavy (non-hydrogen) atoms. The molecule has 0 aliphatic heterocycles. The Kier molecular flexibility index (Phi) is 4.56. The molecule has 1 heterocycles. The molecule has 2 N–H and O–H groups in total. The molecule has 0 fully saturated rings. The monoisotopic (exact) mass is 361 g/mol. The summed E-state index contributed by atoms with van der Waals surface area (Å²) >= 11 is 12.7. The number of para-hydroxylation sites is 1. The quantitative estimate of drug-likeness (QED) is 0.665. The Balaban J connectivity index is 1.72. The molecule has 0 radical (unpaired) electrons. The minimum Gasteiger partial charge on any atom is -0.308 e. The second-order valence-electron chi connectivity index (χ2n) is 4.83. The van der Waals surface area contributed by atoms with Crippen LogP contribution in [-0.4, -0.2) is 16.0 Å². The zero-order valence-corrected chi connectivity index (χ0v) is 14.5. The van der Waals surface area contributed by atoms with Crippen molar-refractivity contribution in [2.24, 2.45) is 0 Å². The summed E-state index contributed by atoms with van der Waals surface area (Å²) in [6.45, 7) is 1.88. The van der Waals surface area contributed by atoms with Crippen LogP contribution in [0, 0.1) is 6.92 Å². The van der Waals surface area contributed by atoms with Gasteiger partial charge in [-0.2, -0.15) is 0 Å². The summed E-state index contributed by atoms with van der Waals surface area (Å²) in [5.74, 6) is -0.250. The van der Waals surface area contributed by atoms with Gasteiger partial charge in [0.15, 0.2) is 10.2 Å². The molecule has 0 spiro atoms. The minimum absolute atomic E-state index is 0.202. The van der Waals surface area contributed by atoms with Gasteiger partial charge < -0.3 is 5.32 Å². The highest BCUT2D eigenvalue weighted by Crippen LogP contribution is 2.30. The number of carbonyl (C=O) groups is 1. The van der Waals surface area contributed by atoms with Crippen LogP contribution in [0.2, 0.25) is 5.02 Å². The summed E-state index contributed by atoms with van der Waals surface area (Å²) in [5.41, 5.74) is 2.19. The van der Waals surface area contributed by atoms with Crippen molar-refractivity contribution in [3.8, 4) is 0 Å². The number of aryl methyl sites for hydroxylation is 1. The molecule has 1 aromatic heterocycles. The van der Waals surface area contributed by atoms with Gasteiger partial charge in [0, 0.05) is 5.56 Å². The Morgan fingerprint density at radius 1 is 1.22 bits per heavy atom. The van der Waals surface area contributed by atoms with Crippen molar-refractivity contribution in [1.82, 2.24) is 10.3 Å². The van der Waals surface area contributed by atoms with Crippen LogP contribution >= 0.6 is 35.2 Å². The molecular weight excluding hydrogens is 350 g/mol. The third-order valence-electron chi connectivity index (χ3n) is 3.21. The smallest absolute Gasteiger partial charge is 0.257 e. The second-order valence-corrected chi connectivity index (χ2v) is 6.67. The molecule has 0 aliphatic carbocycles. The van der Waals surface area contributed by atoms with Gasteiger partial charge in [0.1, 0.15) is 5.52 Å². The lowest BCUT2D eigenvalue weighted by molar-refractivity contribution is 0.0977. The number of hydrogen-bond acceptors (Lipinski definition) is 4. The van der Waals surface area contributed by atoms with Crippen molar-refractivity contribution >= 4 is 61.5 Å². The van der Waals surface area contributed by atoms with Crippen LogP contribution < -0.4 is 10.6 Å². The number of nitrogens with one attached hydrogen (secondary N) is 2. The Morgan fingerprint density at radius 3 is 2.74 bits per heavy atom. The van der Waals surface area contributed by atoms with E-state index in [0.29, 0.717) is 15.7 Å². The second kappa shape index (κ2) is 6.62. The van der Waals surface area contributed by atoms with Crippen molar-refractivity contribution in [2.45, 2.75) is 6.92 Å². The first-order valence-corrected chi connectivity index (χ1v) is 8.38. The summed E-state index contributed by atoms with van der Waals surface area (Å²) in [7, 11) is 0. The average Bonchev–Trinajstić information content (AvgIpc) is 2.91. The maximum absolute atomic E-state index is 12.2. The molecule has 4 nitrogen and oxygen atoms in total. The first kappa shape index (κ1) is 15.9. The molecule has 7 heteroatoms. The van der Waals surface area contributed by atoms with E-state index in [1.165, 1.54) is 11.3 Å². The van der Waals surface area contributed by atoms with Crippen molar-refractivity contribution < 1.29 is 4.79 Å². The van der Waals surface area contributed by atoms with E-state index >= 15 is 0 Å². The van der Waals surface area contributed by atoms with Gasteiger partial charge >= 0.3 is 0 Å². The van der Waals surface area contributed by atoms with Gasteiger partial charge in [-0.15, -0.1) is 0 Å². The fraction of sp³-hybridized carbons (Fsp3) is 0.0625. The molecule has 0 saturated carbocycles. The highest BCUT2D eigenvalue weighted by Gasteiger charge is 2.12. The van der Waals surface area contributed by atoms with E-state index in [-0.39, 0.29) is 11.0 Å². The number of thiocarbonyl (C=S) groups is 1. The fourth-order valence-electron chi connectivity index (χ4n) is 2.09. The summed E-state index contributed by atoms with van der Waals surface area (Å²) in [4.78, 5) is 16.6. The highest BCUT2D eigenvalue weighted by atomic mass is 35.5. The zero-order valence-electron chi connectivity index (χ0n) is 12.1. The van der Waals surface area contributed by atoms with Crippen molar-refractivity contribution in [3.63, 3.8) is 0 Å². The number of halogens is 1. The Morgan fingerprint density at radius 2 is 2.00 bits per heavy atom. The molecule has 0 unspecified atom stereocenters. The predicted octanol–water partition coefficient (Wildman–Crippen LogP) is 4.38. The first-order valence-electron chi connectivity index (χ1n) is 6.77. The maximum atomic E-state index is 12.2. The van der Waals surface area contributed by atoms with E-state index in [9.17, 15) is 4.79 Å². The van der Waals surface area contributed by atoms with Gasteiger partial charge in [-0.3, -0.25) is 10.1 Å². The first-order chi connectivity index (χ1) is 11.0. The van der Waals surface area contributed by atoms with Crippen LogP contribution in [0.1, 0.15) is 15.9 Å². The third-order valence-corrected chi connectivity index (χ3v) is 4.65. The molecule has 0 bridgehead atoms. The van der Waals surface area contributed by atoms with Gasteiger partial charge in [-0.1, -0.05) is 47.2 Å². The number of hydrogen-bond donors (Lipinski definition) is 2. The largest absolute Gasteiger partial charge is 0.308 e. The number of thiazole rings is 1. The van der Waals surface area contributed by atoms with Crippen molar-refractivity contribution in [2.75, 3.05) is 5.32 Å². The van der Waals surface area contributed by atoms with Crippen molar-refractivity contribution in [1.29, 1.82) is 0 Å². The van der Waals surface area contributed by atoms with E-state index in [0.717, 1.165) is 15.8 Å². The van der Waals surface area contributed by atoms with Crippen molar-refractivity contribution in [3.05, 3.63) is 58.6 Å². The molecule has 116 valence electrons. The SMILES string of the molecule is Cc1ccccc1C(=O)NC(=S)Nc1nc2c(Cl)cccc2s1. The van der Waals surface area contributed by atoms with Crippen LogP contribution in [-0.2, 0) is 0 Å². The van der Waals surface area contributed by atoms with Crippen LogP contribution in [0.15, 0.2) is 42.5 Å². The number of carbonyl (C=O) groups excluding carboxylic acids is 1. The Bertz CT molecular complexity index is 907. The fourth-order valence-corrected chi connectivity index (χ4v) is 3.52. The van der Waals surface area contributed by atoms with E-state index in [1.807, 2.05) is 37.3 Å². The third kappa shape index (κ3) is 3.50. The van der Waals surface area contributed by atoms with Gasteiger partial charge in [0.2, 0.25) is 0 Å². The lowest BCUT2D eigenvalue weighted by Crippen LogP contribution is -2.34. The number of fused-ring (bicyclic) bond motifs is 1. The average molecular weight is 362 g/mol. The summed E-state index contributed by atoms with van der Waals surface area (Å²) in [6.07, 6.45) is 0. The maximum Gasteiger partial charge on any atom is 0.257 e. The highest BCUT2D eigenvalue weighted by molar-refractivity contribution is 7.80. The van der Waals surface area contributed by atoms with Gasteiger partial charge in [0.05, 0.1) is 9.72 Å². The molecule has 3 rings (SSSR count). The van der Waals surface area contributed by atoms with E-state index in [1.54, 1.807) is 12.1 Å². The molecule has 2 aromatic carbocycles. The summed E-state index contributed by atoms with van der Waals surface area (Å²) < 4.78 is 0.952. The number of amides is 1. The minimum atomic E-state index is -0.250. The molecule has 0 aliphatic rings. The van der Waals surface area contributed by atoms with Crippen LogP contribution in [0.3, 0.4) is 0 Å². The van der Waals surface area contributed by atoms with Crippen LogP contribution in [0.5, 0.6) is 0 Å². The zero-order chi connectivity index (χ0) is 16.4. The summed E-state index contributed by atoms with van der Waals surface area (Å²) in [6, 6.07) is 12.9. The van der Waals surface area contributed by atoms with E-state index < -0.39 is 0 Å². The van der Waals surface area contributed by atoms with Crippen LogP contribution in [0.25, 0.3) is 10.2 Å². The molecule has 3 aromatic rings. The molecule has 0 atom stereocenters. The molecular formula is C16H12ClN3OS2. The lowest BCUT2D eigenvalue weighted by Gasteiger charge is -2.08. The molecule has 0 saturated heterocycles. The van der Waals surface area contributed by atoms with E-state index in [2.05, 4.69) is 15.6 Å². The predicted molar refractivity (Wildman–Crippen MR) is 99.5 cm³/mol. The van der Waals surface area contributed by atoms with Gasteiger partial charge in [0.25, 0.3) is 5.91 Å². The number of anilines is 1. The normalized spacial score (nSPS) is 10.5. The number of aromatic nitrogens is 1. The van der Waals surface area contributed by atoms with Gasteiger partial charge in [-0.25, -0.2) is 4.98 Å². The Hall–Kier alpha value is -2.02. The van der Waals surface area contributed by atoms with E-state index in [4.69, 9.17) is 23.8 Å². The Labute approximate surface area is 147 Å². The standard InChI is InChI=1S/C16H12ClN3OS2/c1-9-5-2-3-6-10(9)14(21)19-15(22)20-16-18-13-11(17)7-4-8-12(13)23-16/h2-8H,1H3,(H2,18,19,20,21,22). The number of rotatable bonds is 2. The number of nitrogens with zero attached hydrogens (tertiary/aromatic N) is 1.